The van der Waals surface area contributed by atoms with Gasteiger partial charge in [0.2, 0.25) is 0 Å². The van der Waals surface area contributed by atoms with Crippen molar-refractivity contribution in [1.82, 2.24) is 5.43 Å². The normalized spacial score (nSPS) is 12.3. The molecule has 70 valence electrons. The third-order valence-electron chi connectivity index (χ3n) is 1.14. The van der Waals surface area contributed by atoms with Crippen LogP contribution in [-0.4, -0.2) is 6.72 Å². The van der Waals surface area contributed by atoms with Crippen LogP contribution in [0, 0.1) is 0 Å². The van der Waals surface area contributed by atoms with Gasteiger partial charge in [0.05, 0.1) is 0 Å². The van der Waals surface area contributed by atoms with Crippen LogP contribution in [0.15, 0.2) is 52.7 Å². The molecule has 0 aromatic rings. The molecule has 2 nitrogen and oxygen atoms in total. The van der Waals surface area contributed by atoms with E-state index in [0.717, 1.165) is 4.91 Å². The molecule has 1 N–H and O–H groups in total. The lowest BCUT2D eigenvalue weighted by molar-refractivity contribution is 0.934. The minimum Gasteiger partial charge on any atom is -0.280 e. The highest BCUT2D eigenvalue weighted by atomic mass is 32.1. The summed E-state index contributed by atoms with van der Waals surface area (Å²) in [6.45, 7) is 8.91. The van der Waals surface area contributed by atoms with Gasteiger partial charge >= 0.3 is 0 Å². The topological polar surface area (TPSA) is 24.4 Å². The van der Waals surface area contributed by atoms with E-state index < -0.39 is 0 Å². The van der Waals surface area contributed by atoms with Gasteiger partial charge in [0.25, 0.3) is 0 Å². The fourth-order valence-electron chi connectivity index (χ4n) is 0.575. The molecule has 0 aliphatic heterocycles. The van der Waals surface area contributed by atoms with Gasteiger partial charge in [0.15, 0.2) is 0 Å². The molecule has 0 radical (unpaired) electrons. The van der Waals surface area contributed by atoms with Gasteiger partial charge in [-0.2, -0.15) is 5.10 Å². The van der Waals surface area contributed by atoms with Crippen molar-refractivity contribution in [3.63, 3.8) is 0 Å². The lowest BCUT2D eigenvalue weighted by Gasteiger charge is -1.95. The van der Waals surface area contributed by atoms with Crippen LogP contribution in [0.1, 0.15) is 6.92 Å². The predicted octanol–water partition coefficient (Wildman–Crippen LogP) is 2.65. The van der Waals surface area contributed by atoms with Gasteiger partial charge in [-0.05, 0) is 25.2 Å². The molecule has 0 atom stereocenters. The van der Waals surface area contributed by atoms with Gasteiger partial charge in [-0.25, -0.2) is 0 Å². The summed E-state index contributed by atoms with van der Waals surface area (Å²) >= 11 is 4.21. The van der Waals surface area contributed by atoms with E-state index in [1.54, 1.807) is 6.08 Å². The number of hydrogen-bond acceptors (Lipinski definition) is 3. The van der Waals surface area contributed by atoms with Crippen molar-refractivity contribution in [3.05, 3.63) is 47.6 Å². The third kappa shape index (κ3) is 7.15. The first kappa shape index (κ1) is 11.8. The second kappa shape index (κ2) is 7.43. The Hall–Kier alpha value is -1.22. The maximum atomic E-state index is 4.21. The quantitative estimate of drug-likeness (QED) is 0.299. The highest BCUT2D eigenvalue weighted by molar-refractivity contribution is 7.84. The van der Waals surface area contributed by atoms with Crippen LogP contribution < -0.4 is 5.43 Å². The SMILES string of the molecule is C=NNC(=C)/C=C/C(S)=C/C=C\C. The molecule has 0 rings (SSSR count). The van der Waals surface area contributed by atoms with Crippen LogP contribution in [0.3, 0.4) is 0 Å². The van der Waals surface area contributed by atoms with Crippen LogP contribution in [0.25, 0.3) is 0 Å². The summed E-state index contributed by atoms with van der Waals surface area (Å²) in [4.78, 5) is 0.852. The molecular formula is C10H14N2S. The van der Waals surface area contributed by atoms with Crippen LogP contribution in [0.2, 0.25) is 0 Å². The average molecular weight is 194 g/mol. The average Bonchev–Trinajstić information content (AvgIpc) is 2.12. The van der Waals surface area contributed by atoms with Gasteiger partial charge < -0.3 is 0 Å². The number of allylic oxidation sites excluding steroid dienone is 5. The van der Waals surface area contributed by atoms with Crippen LogP contribution in [0.4, 0.5) is 0 Å². The number of nitrogens with one attached hydrogen (secondary N) is 1. The predicted molar refractivity (Wildman–Crippen MR) is 62.8 cm³/mol. The van der Waals surface area contributed by atoms with E-state index in [0.29, 0.717) is 5.70 Å². The first-order chi connectivity index (χ1) is 6.20. The largest absolute Gasteiger partial charge is 0.280 e. The summed E-state index contributed by atoms with van der Waals surface area (Å²) in [5, 5.41) is 3.47. The zero-order chi connectivity index (χ0) is 10.1. The molecule has 0 saturated carbocycles. The van der Waals surface area contributed by atoms with Crippen molar-refractivity contribution in [2.75, 3.05) is 0 Å². The van der Waals surface area contributed by atoms with Gasteiger partial charge in [0, 0.05) is 17.3 Å². The summed E-state index contributed by atoms with van der Waals surface area (Å²) in [5.74, 6) is 0. The van der Waals surface area contributed by atoms with Crippen molar-refractivity contribution in [1.29, 1.82) is 0 Å². The number of rotatable bonds is 5. The lowest BCUT2D eigenvalue weighted by Crippen LogP contribution is -1.98. The maximum absolute atomic E-state index is 4.21. The Bertz CT molecular complexity index is 262. The van der Waals surface area contributed by atoms with Gasteiger partial charge in [-0.15, -0.1) is 12.6 Å². The molecule has 13 heavy (non-hydrogen) atoms. The summed E-state index contributed by atoms with van der Waals surface area (Å²) in [6, 6.07) is 0. The number of hydrazone groups is 1. The van der Waals surface area contributed by atoms with Crippen molar-refractivity contribution in [3.8, 4) is 0 Å². The molecule has 0 aliphatic carbocycles. The minimum absolute atomic E-state index is 0.676. The number of hydrogen-bond donors (Lipinski definition) is 2. The number of thiol groups is 1. The smallest absolute Gasteiger partial charge is 0.0490 e. The molecule has 0 unspecified atom stereocenters. The summed E-state index contributed by atoms with van der Waals surface area (Å²) in [7, 11) is 0. The highest BCUT2D eigenvalue weighted by Gasteiger charge is 1.82. The molecule has 0 aromatic heterocycles. The summed E-state index contributed by atoms with van der Waals surface area (Å²) < 4.78 is 0. The van der Waals surface area contributed by atoms with E-state index in [4.69, 9.17) is 0 Å². The molecule has 3 heteroatoms. The first-order valence-corrected chi connectivity index (χ1v) is 4.26. The van der Waals surface area contributed by atoms with Gasteiger partial charge in [-0.3, -0.25) is 5.43 Å². The summed E-state index contributed by atoms with van der Waals surface area (Å²) in [6.07, 6.45) is 9.33. The Labute approximate surface area is 84.8 Å². The lowest BCUT2D eigenvalue weighted by atomic mass is 10.3. The Morgan fingerprint density at radius 3 is 2.69 bits per heavy atom. The minimum atomic E-state index is 0.676. The molecule has 0 saturated heterocycles. The van der Waals surface area contributed by atoms with Crippen molar-refractivity contribution in [2.45, 2.75) is 6.92 Å². The van der Waals surface area contributed by atoms with E-state index in [2.05, 4.69) is 36.5 Å². The molecule has 0 amide bonds. The van der Waals surface area contributed by atoms with E-state index in [9.17, 15) is 0 Å². The van der Waals surface area contributed by atoms with Crippen molar-refractivity contribution < 1.29 is 0 Å². The fraction of sp³-hybridized carbons (Fsp3) is 0.100. The van der Waals surface area contributed by atoms with Crippen molar-refractivity contribution >= 4 is 19.3 Å². The molecule has 0 heterocycles. The van der Waals surface area contributed by atoms with E-state index in [1.807, 2.05) is 31.2 Å². The van der Waals surface area contributed by atoms with Crippen LogP contribution in [-0.2, 0) is 0 Å². The second-order valence-electron chi connectivity index (χ2n) is 2.25. The Kier molecular flexibility index (Phi) is 6.73. The fourth-order valence-corrected chi connectivity index (χ4v) is 0.736. The van der Waals surface area contributed by atoms with Gasteiger partial charge in [-0.1, -0.05) is 18.7 Å². The molecule has 0 aliphatic rings. The Balaban J connectivity index is 4.10. The highest BCUT2D eigenvalue weighted by Crippen LogP contribution is 2.03. The molecular weight excluding hydrogens is 180 g/mol. The standard InChI is InChI=1S/C10H14N2S/c1-4-5-6-10(13)8-7-9(2)12-11-3/h4-8,12-13H,2-3H2,1H3/b5-4-,8-7+,10-6-. The van der Waals surface area contributed by atoms with E-state index in [1.165, 1.54) is 0 Å². The van der Waals surface area contributed by atoms with Crippen molar-refractivity contribution in [2.24, 2.45) is 5.10 Å². The Morgan fingerprint density at radius 1 is 1.46 bits per heavy atom. The summed E-state index contributed by atoms with van der Waals surface area (Å²) in [5.41, 5.74) is 3.29. The van der Waals surface area contributed by atoms with E-state index in [-0.39, 0.29) is 0 Å². The number of nitrogens with zero attached hydrogens (tertiary/aromatic N) is 1. The zero-order valence-electron chi connectivity index (χ0n) is 7.70. The van der Waals surface area contributed by atoms with E-state index >= 15 is 0 Å². The zero-order valence-corrected chi connectivity index (χ0v) is 8.59. The molecule has 0 bridgehead atoms. The second-order valence-corrected chi connectivity index (χ2v) is 2.76. The molecule has 0 fully saturated rings. The Morgan fingerprint density at radius 2 is 2.15 bits per heavy atom. The monoisotopic (exact) mass is 194 g/mol. The molecule has 0 spiro atoms. The third-order valence-corrected chi connectivity index (χ3v) is 1.44. The molecule has 0 aromatic carbocycles. The first-order valence-electron chi connectivity index (χ1n) is 3.81. The van der Waals surface area contributed by atoms with Crippen LogP contribution >= 0.6 is 12.6 Å². The van der Waals surface area contributed by atoms with Crippen LogP contribution in [0.5, 0.6) is 0 Å². The van der Waals surface area contributed by atoms with Gasteiger partial charge in [0.1, 0.15) is 0 Å². The maximum Gasteiger partial charge on any atom is 0.0490 e.